The lowest BCUT2D eigenvalue weighted by Crippen LogP contribution is -2.33. The number of rotatable bonds is 7. The minimum Gasteiger partial charge on any atom is -0.381 e. The number of ether oxygens (including phenoxy) is 1. The van der Waals surface area contributed by atoms with Crippen molar-refractivity contribution in [1.29, 1.82) is 0 Å². The molecule has 206 valence electrons. The summed E-state index contributed by atoms with van der Waals surface area (Å²) < 4.78 is 48.1. The molecule has 1 aliphatic rings. The largest absolute Gasteiger partial charge is 0.433 e. The van der Waals surface area contributed by atoms with Crippen molar-refractivity contribution in [2.24, 2.45) is 5.92 Å². The highest BCUT2D eigenvalue weighted by molar-refractivity contribution is 5.95. The van der Waals surface area contributed by atoms with Crippen LogP contribution in [0.4, 0.5) is 19.1 Å². The number of carbonyl (C=O) groups is 1. The molecule has 10 nitrogen and oxygen atoms in total. The van der Waals surface area contributed by atoms with Crippen LogP contribution in [0.25, 0.3) is 16.8 Å². The van der Waals surface area contributed by atoms with Gasteiger partial charge in [0.05, 0.1) is 12.2 Å². The van der Waals surface area contributed by atoms with E-state index in [0.717, 1.165) is 25.3 Å². The van der Waals surface area contributed by atoms with E-state index in [4.69, 9.17) is 10.5 Å². The Labute approximate surface area is 222 Å². The van der Waals surface area contributed by atoms with Gasteiger partial charge in [0.15, 0.2) is 5.65 Å². The van der Waals surface area contributed by atoms with Crippen LogP contribution < -0.4 is 11.1 Å². The number of hydrogen-bond acceptors (Lipinski definition) is 7. The molecule has 3 N–H and O–H groups in total. The molecule has 0 aromatic carbocycles. The third-order valence-electron chi connectivity index (χ3n) is 7.03. The van der Waals surface area contributed by atoms with Crippen LogP contribution in [0.5, 0.6) is 0 Å². The molecule has 0 saturated carbocycles. The van der Waals surface area contributed by atoms with E-state index in [9.17, 15) is 18.0 Å². The zero-order valence-corrected chi connectivity index (χ0v) is 21.5. The van der Waals surface area contributed by atoms with Crippen LogP contribution in [0.1, 0.15) is 60.9 Å². The van der Waals surface area contributed by atoms with Gasteiger partial charge in [0.2, 0.25) is 5.95 Å². The van der Waals surface area contributed by atoms with Gasteiger partial charge in [-0.25, -0.2) is 4.52 Å². The van der Waals surface area contributed by atoms with E-state index >= 15 is 0 Å². The van der Waals surface area contributed by atoms with Crippen molar-refractivity contribution >= 4 is 17.5 Å². The van der Waals surface area contributed by atoms with Crippen molar-refractivity contribution < 1.29 is 22.7 Å². The molecule has 4 aromatic heterocycles. The Morgan fingerprint density at radius 1 is 1.21 bits per heavy atom. The smallest absolute Gasteiger partial charge is 0.381 e. The average molecular weight is 543 g/mol. The number of anilines is 1. The molecular formula is C26H29F3N8O2. The van der Waals surface area contributed by atoms with Crippen LogP contribution in [0.15, 0.2) is 42.9 Å². The first-order chi connectivity index (χ1) is 18.6. The number of pyridine rings is 2. The number of halogens is 3. The zero-order chi connectivity index (χ0) is 27.7. The molecule has 1 saturated heterocycles. The highest BCUT2D eigenvalue weighted by Gasteiger charge is 2.34. The van der Waals surface area contributed by atoms with Crippen LogP contribution in [0.2, 0.25) is 0 Å². The molecule has 4 aromatic rings. The number of nitrogens with zero attached hydrogens (tertiary/aromatic N) is 6. The molecular weight excluding hydrogens is 513 g/mol. The highest BCUT2D eigenvalue weighted by Crippen LogP contribution is 2.36. The lowest BCUT2D eigenvalue weighted by Gasteiger charge is -2.30. The molecule has 0 spiro atoms. The Morgan fingerprint density at radius 3 is 2.64 bits per heavy atom. The third-order valence-corrected chi connectivity index (χ3v) is 7.03. The molecule has 1 fully saturated rings. The molecule has 0 bridgehead atoms. The van der Waals surface area contributed by atoms with Gasteiger partial charge in [-0.2, -0.15) is 23.3 Å². The maximum absolute atomic E-state index is 13.1. The average Bonchev–Trinajstić information content (AvgIpc) is 3.54. The number of amides is 1. The molecule has 1 aliphatic heterocycles. The summed E-state index contributed by atoms with van der Waals surface area (Å²) in [5.74, 6) is -0.195. The number of alkyl halides is 3. The summed E-state index contributed by atoms with van der Waals surface area (Å²) in [7, 11) is 0. The van der Waals surface area contributed by atoms with Crippen LogP contribution in [-0.4, -0.2) is 54.5 Å². The fourth-order valence-corrected chi connectivity index (χ4v) is 4.79. The van der Waals surface area contributed by atoms with E-state index in [1.54, 1.807) is 23.0 Å². The Balaban J connectivity index is 1.53. The van der Waals surface area contributed by atoms with Gasteiger partial charge in [-0.05, 0) is 61.4 Å². The van der Waals surface area contributed by atoms with Crippen LogP contribution in [-0.2, 0) is 10.9 Å². The molecule has 5 rings (SSSR count). The molecule has 13 heteroatoms. The molecule has 5 heterocycles. The van der Waals surface area contributed by atoms with Gasteiger partial charge in [0.1, 0.15) is 11.4 Å². The van der Waals surface area contributed by atoms with Gasteiger partial charge in [-0.15, -0.1) is 5.10 Å². The van der Waals surface area contributed by atoms with E-state index in [1.165, 1.54) is 16.8 Å². The van der Waals surface area contributed by atoms with Crippen molar-refractivity contribution in [2.45, 2.75) is 51.4 Å². The monoisotopic (exact) mass is 542 g/mol. The second kappa shape index (κ2) is 10.6. The number of nitrogens with two attached hydrogens (primary N) is 1. The molecule has 0 aliphatic carbocycles. The first kappa shape index (κ1) is 26.6. The standard InChI is InChI=1S/C26H29F3N8O2/c1-3-15(2)33-24(38)20-10-18(11-22-34-25(30)35-37(20)22)19-13-32-36(14-19)23(16-6-8-39-9-7-16)17-4-5-21(31-12-17)26(27,28)29/h4-5,10-16,23H,3,6-9H2,1-2H3,(H2,30,35)(H,33,38)/t15-,23?/m0/s1. The summed E-state index contributed by atoms with van der Waals surface area (Å²) in [5, 5.41) is 11.7. The van der Waals surface area contributed by atoms with Gasteiger partial charge in [0.25, 0.3) is 5.91 Å². The third kappa shape index (κ3) is 5.58. The SMILES string of the molecule is CC[C@H](C)NC(=O)c1cc(-c2cnn(C(c3ccc(C(F)(F)F)nc3)C3CCOCC3)c2)cc2nc(N)nn12. The summed E-state index contributed by atoms with van der Waals surface area (Å²) in [5.41, 5.74) is 7.56. The van der Waals surface area contributed by atoms with Crippen molar-refractivity contribution in [3.8, 4) is 11.1 Å². The van der Waals surface area contributed by atoms with Crippen LogP contribution in [0, 0.1) is 5.92 Å². The zero-order valence-electron chi connectivity index (χ0n) is 21.5. The maximum Gasteiger partial charge on any atom is 0.433 e. The summed E-state index contributed by atoms with van der Waals surface area (Å²) in [6.07, 6.45) is 2.44. The summed E-state index contributed by atoms with van der Waals surface area (Å²) in [4.78, 5) is 21.0. The van der Waals surface area contributed by atoms with Crippen molar-refractivity contribution in [3.63, 3.8) is 0 Å². The number of carbonyl (C=O) groups excluding carboxylic acids is 1. The number of nitrogen functional groups attached to an aromatic ring is 1. The first-order valence-electron chi connectivity index (χ1n) is 12.8. The number of nitrogens with one attached hydrogen (secondary N) is 1. The Kier molecular flexibility index (Phi) is 7.25. The first-order valence-corrected chi connectivity index (χ1v) is 12.8. The topological polar surface area (TPSA) is 125 Å². The number of hydrogen-bond donors (Lipinski definition) is 2. The summed E-state index contributed by atoms with van der Waals surface area (Å²) in [6.45, 7) is 5.00. The predicted molar refractivity (Wildman–Crippen MR) is 137 cm³/mol. The van der Waals surface area contributed by atoms with E-state index in [2.05, 4.69) is 25.5 Å². The van der Waals surface area contributed by atoms with E-state index in [-0.39, 0.29) is 35.6 Å². The normalized spacial score (nSPS) is 16.3. The minimum atomic E-state index is -4.52. The highest BCUT2D eigenvalue weighted by atomic mass is 19.4. The summed E-state index contributed by atoms with van der Waals surface area (Å²) in [6, 6.07) is 5.52. The number of aromatic nitrogens is 6. The Hall–Kier alpha value is -4.00. The number of fused-ring (bicyclic) bond motifs is 1. The van der Waals surface area contributed by atoms with Gasteiger partial charge in [0, 0.05) is 37.2 Å². The molecule has 2 atom stereocenters. The lowest BCUT2D eigenvalue weighted by atomic mass is 9.87. The minimum absolute atomic E-state index is 0.0369. The van der Waals surface area contributed by atoms with Crippen molar-refractivity contribution in [1.82, 2.24) is 34.7 Å². The quantitative estimate of drug-likeness (QED) is 0.360. The Bertz CT molecular complexity index is 1460. The molecule has 1 unspecified atom stereocenters. The van der Waals surface area contributed by atoms with Crippen molar-refractivity contribution in [3.05, 3.63) is 59.8 Å². The fourth-order valence-electron chi connectivity index (χ4n) is 4.79. The van der Waals surface area contributed by atoms with Gasteiger partial charge < -0.3 is 15.8 Å². The second-order valence-corrected chi connectivity index (χ2v) is 9.73. The Morgan fingerprint density at radius 2 is 1.97 bits per heavy atom. The van der Waals surface area contributed by atoms with Gasteiger partial charge in [-0.3, -0.25) is 14.5 Å². The molecule has 0 radical (unpaired) electrons. The van der Waals surface area contributed by atoms with Gasteiger partial charge in [-0.1, -0.05) is 13.0 Å². The second-order valence-electron chi connectivity index (χ2n) is 9.73. The van der Waals surface area contributed by atoms with Crippen molar-refractivity contribution in [2.75, 3.05) is 18.9 Å². The lowest BCUT2D eigenvalue weighted by molar-refractivity contribution is -0.141. The van der Waals surface area contributed by atoms with E-state index < -0.39 is 11.9 Å². The fraction of sp³-hybridized carbons (Fsp3) is 0.423. The summed E-state index contributed by atoms with van der Waals surface area (Å²) >= 11 is 0. The van der Waals surface area contributed by atoms with Gasteiger partial charge >= 0.3 is 6.18 Å². The van der Waals surface area contributed by atoms with Crippen LogP contribution in [0.3, 0.4) is 0 Å². The maximum atomic E-state index is 13.1. The molecule has 1 amide bonds. The van der Waals surface area contributed by atoms with E-state index in [1.807, 2.05) is 20.0 Å². The predicted octanol–water partition coefficient (Wildman–Crippen LogP) is 4.13. The van der Waals surface area contributed by atoms with Crippen LogP contribution >= 0.6 is 0 Å². The van der Waals surface area contributed by atoms with E-state index in [0.29, 0.717) is 35.6 Å². The molecule has 39 heavy (non-hydrogen) atoms.